The highest BCUT2D eigenvalue weighted by molar-refractivity contribution is 7.26. The van der Waals surface area contributed by atoms with Gasteiger partial charge in [0.15, 0.2) is 0 Å². The molecule has 46 heavy (non-hydrogen) atoms. The Morgan fingerprint density at radius 3 is 1.74 bits per heavy atom. The van der Waals surface area contributed by atoms with Crippen LogP contribution in [0.25, 0.3) is 73.7 Å². The molecule has 8 aromatic rings. The highest BCUT2D eigenvalue weighted by Gasteiger charge is 2.27. The second-order valence-corrected chi connectivity index (χ2v) is 16.7. The van der Waals surface area contributed by atoms with Crippen LogP contribution in [0.15, 0.2) is 121 Å². The fourth-order valence-electron chi connectivity index (χ4n) is 7.26. The van der Waals surface area contributed by atoms with Crippen LogP contribution in [0.4, 0.5) is 0 Å². The first-order valence-electron chi connectivity index (χ1n) is 16.2. The van der Waals surface area contributed by atoms with Crippen molar-refractivity contribution in [2.24, 2.45) is 0 Å². The average molecular weight is 631 g/mol. The zero-order valence-electron chi connectivity index (χ0n) is 27.4. The quantitative estimate of drug-likeness (QED) is 0.182. The molecule has 2 aromatic heterocycles. The maximum absolute atomic E-state index is 2.47. The van der Waals surface area contributed by atoms with Crippen LogP contribution in [0.3, 0.4) is 0 Å². The molecule has 0 saturated heterocycles. The SMILES string of the molecule is CC(C)(C)c1c(-c2cc(-c3ccccc3)c3c(c2)sc2cccc(C(C)(C)C)c23)ccc2c1sc1c(-c3ccccc3)cccc12. The summed E-state index contributed by atoms with van der Waals surface area (Å²) in [6.45, 7) is 14.1. The lowest BCUT2D eigenvalue weighted by Gasteiger charge is -2.25. The number of thiophene rings is 2. The summed E-state index contributed by atoms with van der Waals surface area (Å²) in [5.74, 6) is 0. The largest absolute Gasteiger partial charge is 0.135 e. The molecule has 0 atom stereocenters. The normalized spacial score (nSPS) is 12.6. The van der Waals surface area contributed by atoms with Crippen LogP contribution in [-0.4, -0.2) is 0 Å². The Hall–Kier alpha value is -4.24. The number of fused-ring (bicyclic) bond motifs is 6. The Kier molecular flexibility index (Phi) is 6.76. The Bertz CT molecular complexity index is 2410. The van der Waals surface area contributed by atoms with Crippen LogP contribution in [0.1, 0.15) is 52.7 Å². The molecule has 0 radical (unpaired) electrons. The summed E-state index contributed by atoms with van der Waals surface area (Å²) >= 11 is 3.89. The fraction of sp³-hybridized carbons (Fsp3) is 0.182. The second kappa shape index (κ2) is 10.7. The molecule has 0 nitrogen and oxygen atoms in total. The molecule has 0 fully saturated rings. The van der Waals surface area contributed by atoms with Gasteiger partial charge in [0.2, 0.25) is 0 Å². The number of rotatable bonds is 3. The van der Waals surface area contributed by atoms with Crippen molar-refractivity contribution in [3.05, 3.63) is 132 Å². The summed E-state index contributed by atoms with van der Waals surface area (Å²) in [6.07, 6.45) is 0. The first kappa shape index (κ1) is 29.2. The third-order valence-corrected chi connectivity index (χ3v) is 11.7. The Balaban J connectivity index is 1.46. The van der Waals surface area contributed by atoms with Crippen molar-refractivity contribution in [3.8, 4) is 33.4 Å². The van der Waals surface area contributed by atoms with Crippen molar-refractivity contribution in [2.45, 2.75) is 52.4 Å². The van der Waals surface area contributed by atoms with Gasteiger partial charge in [-0.15, -0.1) is 22.7 Å². The van der Waals surface area contributed by atoms with E-state index in [1.54, 1.807) is 0 Å². The van der Waals surface area contributed by atoms with Gasteiger partial charge in [0.05, 0.1) is 0 Å². The van der Waals surface area contributed by atoms with E-state index in [2.05, 4.69) is 163 Å². The van der Waals surface area contributed by atoms with Gasteiger partial charge in [0, 0.05) is 40.3 Å². The van der Waals surface area contributed by atoms with Crippen LogP contribution >= 0.6 is 22.7 Å². The standard InChI is InChI=1S/C44H38S2/c1-43(2,3)35-21-14-22-36-39(35)38-34(28-17-11-8-12-18-28)25-29(26-37(38)45-36)30-23-24-33-32-20-13-19-31(27-15-9-7-10-16-27)41(32)46-42(33)40(30)44(4,5)6/h7-26H,1-6H3. The third-order valence-electron chi connectivity index (χ3n) is 9.30. The zero-order chi connectivity index (χ0) is 31.8. The molecule has 226 valence electrons. The van der Waals surface area contributed by atoms with Crippen LogP contribution < -0.4 is 0 Å². The highest BCUT2D eigenvalue weighted by atomic mass is 32.1. The maximum Gasteiger partial charge on any atom is 0.0433 e. The van der Waals surface area contributed by atoms with Crippen molar-refractivity contribution >= 4 is 63.0 Å². The molecule has 0 amide bonds. The predicted molar refractivity (Wildman–Crippen MR) is 206 cm³/mol. The molecule has 0 spiro atoms. The lowest BCUT2D eigenvalue weighted by molar-refractivity contribution is 0.596. The number of hydrogen-bond acceptors (Lipinski definition) is 2. The number of hydrogen-bond donors (Lipinski definition) is 0. The lowest BCUT2D eigenvalue weighted by atomic mass is 9.80. The van der Waals surface area contributed by atoms with Crippen molar-refractivity contribution in [1.29, 1.82) is 0 Å². The molecule has 0 aliphatic rings. The zero-order valence-corrected chi connectivity index (χ0v) is 29.0. The monoisotopic (exact) mass is 630 g/mol. The van der Waals surface area contributed by atoms with Crippen LogP contribution in [-0.2, 0) is 10.8 Å². The van der Waals surface area contributed by atoms with Crippen molar-refractivity contribution in [2.75, 3.05) is 0 Å². The van der Waals surface area contributed by atoms with E-state index in [1.807, 2.05) is 22.7 Å². The molecule has 0 saturated carbocycles. The summed E-state index contributed by atoms with van der Waals surface area (Å²) in [6, 6.07) is 45.2. The van der Waals surface area contributed by atoms with E-state index in [1.165, 1.54) is 84.9 Å². The smallest absolute Gasteiger partial charge is 0.0433 e. The lowest BCUT2D eigenvalue weighted by Crippen LogP contribution is -2.13. The molecule has 0 N–H and O–H groups in total. The van der Waals surface area contributed by atoms with Gasteiger partial charge < -0.3 is 0 Å². The third kappa shape index (κ3) is 4.70. The molecule has 0 aliphatic heterocycles. The molecule has 2 heteroatoms. The van der Waals surface area contributed by atoms with Crippen molar-refractivity contribution in [3.63, 3.8) is 0 Å². The van der Waals surface area contributed by atoms with E-state index in [4.69, 9.17) is 0 Å². The fourth-order valence-corrected chi connectivity index (χ4v) is 10.1. The van der Waals surface area contributed by atoms with Crippen molar-refractivity contribution < 1.29 is 0 Å². The van der Waals surface area contributed by atoms with Crippen LogP contribution in [0.5, 0.6) is 0 Å². The Morgan fingerprint density at radius 2 is 1.07 bits per heavy atom. The molecule has 0 bridgehead atoms. The minimum atomic E-state index is -0.0515. The topological polar surface area (TPSA) is 0 Å². The molecule has 6 aromatic carbocycles. The van der Waals surface area contributed by atoms with Gasteiger partial charge in [-0.3, -0.25) is 0 Å². The molecular formula is C44H38S2. The molecule has 0 aliphatic carbocycles. The molecular weight excluding hydrogens is 593 g/mol. The number of benzene rings is 6. The van der Waals surface area contributed by atoms with Gasteiger partial charge in [-0.1, -0.05) is 145 Å². The van der Waals surface area contributed by atoms with Gasteiger partial charge >= 0.3 is 0 Å². The van der Waals surface area contributed by atoms with E-state index >= 15 is 0 Å². The average Bonchev–Trinajstić information content (AvgIpc) is 3.62. The summed E-state index contributed by atoms with van der Waals surface area (Å²) < 4.78 is 5.48. The molecule has 2 heterocycles. The van der Waals surface area contributed by atoms with E-state index in [-0.39, 0.29) is 10.8 Å². The van der Waals surface area contributed by atoms with Crippen LogP contribution in [0.2, 0.25) is 0 Å². The van der Waals surface area contributed by atoms with E-state index in [9.17, 15) is 0 Å². The minimum absolute atomic E-state index is 0.0460. The molecule has 8 rings (SSSR count). The first-order valence-corrected chi connectivity index (χ1v) is 17.8. The summed E-state index contributed by atoms with van der Waals surface area (Å²) in [4.78, 5) is 0. The van der Waals surface area contributed by atoms with E-state index in [0.29, 0.717) is 0 Å². The summed E-state index contributed by atoms with van der Waals surface area (Å²) in [5.41, 5.74) is 10.6. The maximum atomic E-state index is 2.47. The first-order chi connectivity index (χ1) is 22.1. The van der Waals surface area contributed by atoms with E-state index in [0.717, 1.165) is 0 Å². The van der Waals surface area contributed by atoms with Crippen molar-refractivity contribution in [1.82, 2.24) is 0 Å². The summed E-state index contributed by atoms with van der Waals surface area (Å²) in [7, 11) is 0. The Morgan fingerprint density at radius 1 is 0.413 bits per heavy atom. The van der Waals surface area contributed by atoms with Gasteiger partial charge in [-0.25, -0.2) is 0 Å². The van der Waals surface area contributed by atoms with Gasteiger partial charge in [-0.05, 0) is 73.5 Å². The van der Waals surface area contributed by atoms with Gasteiger partial charge in [0.1, 0.15) is 0 Å². The highest BCUT2D eigenvalue weighted by Crippen LogP contribution is 2.50. The minimum Gasteiger partial charge on any atom is -0.135 e. The van der Waals surface area contributed by atoms with Gasteiger partial charge in [-0.2, -0.15) is 0 Å². The van der Waals surface area contributed by atoms with E-state index < -0.39 is 0 Å². The summed E-state index contributed by atoms with van der Waals surface area (Å²) in [5, 5.41) is 5.49. The van der Waals surface area contributed by atoms with Gasteiger partial charge in [0.25, 0.3) is 0 Å². The Labute approximate surface area is 280 Å². The molecule has 0 unspecified atom stereocenters. The van der Waals surface area contributed by atoms with Crippen LogP contribution in [0, 0.1) is 0 Å². The predicted octanol–water partition coefficient (Wildman–Crippen LogP) is 14.0. The second-order valence-electron chi connectivity index (χ2n) is 14.6.